The predicted octanol–water partition coefficient (Wildman–Crippen LogP) is 1.08. The van der Waals surface area contributed by atoms with Crippen molar-refractivity contribution in [3.63, 3.8) is 0 Å². The number of halogens is 1. The zero-order valence-electron chi connectivity index (χ0n) is 10.1. The first-order valence-electron chi connectivity index (χ1n) is 5.96. The normalized spacial score (nSPS) is 18.9. The van der Waals surface area contributed by atoms with E-state index in [0.29, 0.717) is 24.7 Å². The summed E-state index contributed by atoms with van der Waals surface area (Å²) in [6.07, 6.45) is 0.749. The molecule has 0 spiro atoms. The van der Waals surface area contributed by atoms with E-state index in [-0.39, 0.29) is 11.5 Å². The van der Waals surface area contributed by atoms with Gasteiger partial charge < -0.3 is 10.6 Å². The zero-order valence-corrected chi connectivity index (χ0v) is 11.7. The van der Waals surface area contributed by atoms with Crippen LogP contribution in [0.15, 0.2) is 18.2 Å². The Labute approximate surface area is 113 Å². The van der Waals surface area contributed by atoms with Crippen molar-refractivity contribution < 1.29 is 8.42 Å². The van der Waals surface area contributed by atoms with Crippen LogP contribution in [0, 0.1) is 0 Å². The second kappa shape index (κ2) is 5.47. The van der Waals surface area contributed by atoms with Crippen LogP contribution < -0.4 is 10.6 Å². The SMILES string of the molecule is NCCc1cc(Cl)ccc1N1CCS(=O)(=O)CC1. The topological polar surface area (TPSA) is 63.4 Å². The lowest BCUT2D eigenvalue weighted by atomic mass is 10.1. The van der Waals surface area contributed by atoms with Gasteiger partial charge in [-0.2, -0.15) is 0 Å². The molecule has 2 N–H and O–H groups in total. The molecule has 0 unspecified atom stereocenters. The lowest BCUT2D eigenvalue weighted by Crippen LogP contribution is -2.40. The molecule has 1 fully saturated rings. The van der Waals surface area contributed by atoms with Gasteiger partial charge in [-0.25, -0.2) is 8.42 Å². The number of hydrogen-bond donors (Lipinski definition) is 1. The number of anilines is 1. The van der Waals surface area contributed by atoms with E-state index in [2.05, 4.69) is 4.90 Å². The molecule has 0 aromatic heterocycles. The molecule has 2 rings (SSSR count). The van der Waals surface area contributed by atoms with E-state index in [1.165, 1.54) is 0 Å². The largest absolute Gasteiger partial charge is 0.369 e. The Hall–Kier alpha value is -0.780. The quantitative estimate of drug-likeness (QED) is 0.904. The Morgan fingerprint density at radius 1 is 1.28 bits per heavy atom. The van der Waals surface area contributed by atoms with Crippen molar-refractivity contribution in [2.45, 2.75) is 6.42 Å². The van der Waals surface area contributed by atoms with E-state index in [4.69, 9.17) is 17.3 Å². The molecule has 1 aliphatic heterocycles. The molecule has 0 amide bonds. The molecule has 1 saturated heterocycles. The van der Waals surface area contributed by atoms with Crippen molar-refractivity contribution in [3.05, 3.63) is 28.8 Å². The standard InChI is InChI=1S/C12H17ClN2O2S/c13-11-1-2-12(10(9-11)3-4-14)15-5-7-18(16,17)8-6-15/h1-2,9H,3-8,14H2. The van der Waals surface area contributed by atoms with Crippen LogP contribution in [0.2, 0.25) is 5.02 Å². The van der Waals surface area contributed by atoms with Crippen molar-refractivity contribution in [2.24, 2.45) is 5.73 Å². The van der Waals surface area contributed by atoms with E-state index in [1.54, 1.807) is 0 Å². The summed E-state index contributed by atoms with van der Waals surface area (Å²) < 4.78 is 22.8. The average molecular weight is 289 g/mol. The summed E-state index contributed by atoms with van der Waals surface area (Å²) in [5, 5.41) is 0.687. The molecule has 0 saturated carbocycles. The number of hydrogen-bond acceptors (Lipinski definition) is 4. The van der Waals surface area contributed by atoms with E-state index < -0.39 is 9.84 Å². The number of nitrogens with zero attached hydrogens (tertiary/aromatic N) is 1. The summed E-state index contributed by atoms with van der Waals surface area (Å²) in [5.74, 6) is 0.440. The summed E-state index contributed by atoms with van der Waals surface area (Å²) in [6, 6.07) is 5.69. The van der Waals surface area contributed by atoms with Crippen LogP contribution in [0.5, 0.6) is 0 Å². The number of rotatable bonds is 3. The first-order valence-corrected chi connectivity index (χ1v) is 8.15. The Morgan fingerprint density at radius 3 is 2.56 bits per heavy atom. The van der Waals surface area contributed by atoms with Gasteiger partial charge >= 0.3 is 0 Å². The van der Waals surface area contributed by atoms with E-state index in [0.717, 1.165) is 17.7 Å². The maximum atomic E-state index is 11.4. The van der Waals surface area contributed by atoms with Gasteiger partial charge in [-0.15, -0.1) is 0 Å². The van der Waals surface area contributed by atoms with E-state index >= 15 is 0 Å². The number of sulfone groups is 1. The van der Waals surface area contributed by atoms with Gasteiger partial charge in [-0.3, -0.25) is 0 Å². The van der Waals surface area contributed by atoms with Crippen molar-refractivity contribution in [2.75, 3.05) is 36.0 Å². The first kappa shape index (κ1) is 13.6. The molecule has 18 heavy (non-hydrogen) atoms. The van der Waals surface area contributed by atoms with Gasteiger partial charge in [0.15, 0.2) is 9.84 Å². The Bertz CT molecular complexity index is 517. The van der Waals surface area contributed by atoms with Crippen molar-refractivity contribution in [3.8, 4) is 0 Å². The molecule has 4 nitrogen and oxygen atoms in total. The van der Waals surface area contributed by atoms with Crippen LogP contribution in [0.1, 0.15) is 5.56 Å². The summed E-state index contributed by atoms with van der Waals surface area (Å²) in [4.78, 5) is 2.10. The van der Waals surface area contributed by atoms with Crippen LogP contribution in [0.3, 0.4) is 0 Å². The highest BCUT2D eigenvalue weighted by Crippen LogP contribution is 2.26. The number of nitrogens with two attached hydrogens (primary N) is 1. The molecule has 1 aliphatic rings. The van der Waals surface area contributed by atoms with Gasteiger partial charge in [-0.05, 0) is 36.7 Å². The minimum absolute atomic E-state index is 0.220. The Kier molecular flexibility index (Phi) is 4.14. The smallest absolute Gasteiger partial charge is 0.153 e. The lowest BCUT2D eigenvalue weighted by Gasteiger charge is -2.30. The van der Waals surface area contributed by atoms with Crippen molar-refractivity contribution in [1.82, 2.24) is 0 Å². The van der Waals surface area contributed by atoms with Crippen molar-refractivity contribution >= 4 is 27.1 Å². The lowest BCUT2D eigenvalue weighted by molar-refractivity contribution is 0.586. The fourth-order valence-corrected chi connectivity index (χ4v) is 3.57. The van der Waals surface area contributed by atoms with Gasteiger partial charge in [0.2, 0.25) is 0 Å². The third-order valence-electron chi connectivity index (χ3n) is 3.14. The molecule has 100 valence electrons. The summed E-state index contributed by atoms with van der Waals surface area (Å²) >= 11 is 5.98. The van der Waals surface area contributed by atoms with E-state index in [9.17, 15) is 8.42 Å². The summed E-state index contributed by atoms with van der Waals surface area (Å²) in [6.45, 7) is 1.64. The highest BCUT2D eigenvalue weighted by Gasteiger charge is 2.23. The zero-order chi connectivity index (χ0) is 13.2. The van der Waals surface area contributed by atoms with Crippen LogP contribution >= 0.6 is 11.6 Å². The highest BCUT2D eigenvalue weighted by molar-refractivity contribution is 7.91. The maximum Gasteiger partial charge on any atom is 0.153 e. The minimum Gasteiger partial charge on any atom is -0.369 e. The van der Waals surface area contributed by atoms with Gasteiger partial charge in [0.1, 0.15) is 0 Å². The maximum absolute atomic E-state index is 11.4. The number of benzene rings is 1. The molecule has 0 bridgehead atoms. The molecule has 1 heterocycles. The van der Waals surface area contributed by atoms with Gasteiger partial charge in [0.25, 0.3) is 0 Å². The molecule has 6 heteroatoms. The molecule has 0 atom stereocenters. The van der Waals surface area contributed by atoms with Crippen LogP contribution in [-0.4, -0.2) is 39.6 Å². The molecule has 0 radical (unpaired) electrons. The average Bonchev–Trinajstić information content (AvgIpc) is 2.31. The fourth-order valence-electron chi connectivity index (χ4n) is 2.17. The molecule has 1 aromatic carbocycles. The monoisotopic (exact) mass is 288 g/mol. The molecular formula is C12H17ClN2O2S. The Balaban J connectivity index is 2.23. The summed E-state index contributed by atoms with van der Waals surface area (Å²) in [7, 11) is -2.85. The van der Waals surface area contributed by atoms with Crippen LogP contribution in [0.4, 0.5) is 5.69 Å². The minimum atomic E-state index is -2.85. The van der Waals surface area contributed by atoms with Gasteiger partial charge in [0.05, 0.1) is 11.5 Å². The third-order valence-corrected chi connectivity index (χ3v) is 4.98. The Morgan fingerprint density at radius 2 is 1.94 bits per heavy atom. The summed E-state index contributed by atoms with van der Waals surface area (Å²) in [5.41, 5.74) is 7.74. The van der Waals surface area contributed by atoms with Crippen LogP contribution in [-0.2, 0) is 16.3 Å². The predicted molar refractivity (Wildman–Crippen MR) is 75.1 cm³/mol. The van der Waals surface area contributed by atoms with Crippen molar-refractivity contribution in [1.29, 1.82) is 0 Å². The first-order chi connectivity index (χ1) is 8.52. The van der Waals surface area contributed by atoms with Gasteiger partial charge in [0, 0.05) is 23.8 Å². The highest BCUT2D eigenvalue weighted by atomic mass is 35.5. The molecule has 0 aliphatic carbocycles. The molecule has 1 aromatic rings. The fraction of sp³-hybridized carbons (Fsp3) is 0.500. The molecular weight excluding hydrogens is 272 g/mol. The third kappa shape index (κ3) is 3.16. The second-order valence-electron chi connectivity index (χ2n) is 4.45. The van der Waals surface area contributed by atoms with Crippen LogP contribution in [0.25, 0.3) is 0 Å². The van der Waals surface area contributed by atoms with E-state index in [1.807, 2.05) is 18.2 Å². The second-order valence-corrected chi connectivity index (χ2v) is 7.19. The van der Waals surface area contributed by atoms with Gasteiger partial charge in [-0.1, -0.05) is 11.6 Å².